The number of likely N-dealkylation sites (tertiary alicyclic amines) is 1. The van der Waals surface area contributed by atoms with E-state index in [1.54, 1.807) is 0 Å². The van der Waals surface area contributed by atoms with Crippen molar-refractivity contribution < 1.29 is 0 Å². The highest BCUT2D eigenvalue weighted by Gasteiger charge is 2.30. The average molecular weight is 501 g/mol. The SMILES string of the molecule is CCNC(=NCC1CCc2nnc(C)n2C1)NC1CCN(C2CCCC2)C1.I. The summed E-state index contributed by atoms with van der Waals surface area (Å²) in [6.45, 7) is 9.36. The van der Waals surface area contributed by atoms with Crippen molar-refractivity contribution in [3.63, 3.8) is 0 Å². The molecule has 3 aliphatic rings. The topological polar surface area (TPSA) is 70.4 Å². The van der Waals surface area contributed by atoms with Crippen molar-refractivity contribution in [1.29, 1.82) is 0 Å². The summed E-state index contributed by atoms with van der Waals surface area (Å²) >= 11 is 0. The molecule has 0 radical (unpaired) electrons. The van der Waals surface area contributed by atoms with Crippen molar-refractivity contribution in [1.82, 2.24) is 30.3 Å². The molecule has 2 aliphatic heterocycles. The van der Waals surface area contributed by atoms with Crippen LogP contribution in [0, 0.1) is 12.8 Å². The van der Waals surface area contributed by atoms with Gasteiger partial charge in [0.15, 0.2) is 5.96 Å². The molecule has 1 saturated heterocycles. The minimum atomic E-state index is 0. The highest BCUT2D eigenvalue weighted by molar-refractivity contribution is 14.0. The van der Waals surface area contributed by atoms with Crippen LogP contribution in [-0.4, -0.2) is 63.9 Å². The van der Waals surface area contributed by atoms with Crippen LogP contribution in [0.25, 0.3) is 0 Å². The molecule has 1 aromatic heterocycles. The van der Waals surface area contributed by atoms with Crippen molar-refractivity contribution in [3.05, 3.63) is 11.6 Å². The Bertz CT molecular complexity index is 653. The van der Waals surface area contributed by atoms with E-state index in [0.29, 0.717) is 12.0 Å². The van der Waals surface area contributed by atoms with Crippen LogP contribution in [0.2, 0.25) is 0 Å². The Labute approximate surface area is 186 Å². The summed E-state index contributed by atoms with van der Waals surface area (Å²) in [4.78, 5) is 7.63. The molecule has 3 heterocycles. The first-order valence-corrected chi connectivity index (χ1v) is 10.9. The number of hydrogen-bond donors (Lipinski definition) is 2. The van der Waals surface area contributed by atoms with E-state index < -0.39 is 0 Å². The van der Waals surface area contributed by atoms with Gasteiger partial charge in [0.05, 0.1) is 0 Å². The van der Waals surface area contributed by atoms with E-state index in [2.05, 4.69) is 37.2 Å². The predicted octanol–water partition coefficient (Wildman–Crippen LogP) is 2.34. The number of aromatic nitrogens is 3. The summed E-state index contributed by atoms with van der Waals surface area (Å²) in [5.41, 5.74) is 0. The monoisotopic (exact) mass is 501 g/mol. The van der Waals surface area contributed by atoms with Crippen LogP contribution < -0.4 is 10.6 Å². The van der Waals surface area contributed by atoms with Crippen molar-refractivity contribution in [2.24, 2.45) is 10.9 Å². The third kappa shape index (κ3) is 5.17. The number of rotatable bonds is 5. The number of halogens is 1. The second kappa shape index (κ2) is 10.2. The van der Waals surface area contributed by atoms with E-state index in [9.17, 15) is 0 Å². The number of nitrogens with one attached hydrogen (secondary N) is 2. The van der Waals surface area contributed by atoms with Crippen LogP contribution in [0.15, 0.2) is 4.99 Å². The van der Waals surface area contributed by atoms with Crippen LogP contribution >= 0.6 is 24.0 Å². The normalized spacial score (nSPS) is 26.1. The van der Waals surface area contributed by atoms with E-state index in [1.807, 2.05) is 6.92 Å². The molecular formula is C20H36IN7. The first-order valence-electron chi connectivity index (χ1n) is 10.9. The molecule has 8 heteroatoms. The number of hydrogen-bond acceptors (Lipinski definition) is 4. The first kappa shape index (κ1) is 21.8. The lowest BCUT2D eigenvalue weighted by atomic mass is 9.99. The number of fused-ring (bicyclic) bond motifs is 1. The quantitative estimate of drug-likeness (QED) is 0.368. The van der Waals surface area contributed by atoms with E-state index >= 15 is 0 Å². The summed E-state index contributed by atoms with van der Waals surface area (Å²) in [5, 5.41) is 15.6. The van der Waals surface area contributed by atoms with Crippen LogP contribution in [0.3, 0.4) is 0 Å². The number of guanidine groups is 1. The van der Waals surface area contributed by atoms with Gasteiger partial charge in [-0.25, -0.2) is 0 Å². The summed E-state index contributed by atoms with van der Waals surface area (Å²) in [7, 11) is 0. The zero-order valence-electron chi connectivity index (χ0n) is 17.4. The molecule has 0 spiro atoms. The lowest BCUT2D eigenvalue weighted by Crippen LogP contribution is -2.45. The third-order valence-electron chi connectivity index (χ3n) is 6.48. The summed E-state index contributed by atoms with van der Waals surface area (Å²) in [6.07, 6.45) is 9.02. The Hall–Kier alpha value is -0.900. The Morgan fingerprint density at radius 1 is 1.14 bits per heavy atom. The third-order valence-corrected chi connectivity index (χ3v) is 6.48. The van der Waals surface area contributed by atoms with Gasteiger partial charge >= 0.3 is 0 Å². The van der Waals surface area contributed by atoms with Gasteiger partial charge in [0.25, 0.3) is 0 Å². The van der Waals surface area contributed by atoms with Crippen LogP contribution in [0.5, 0.6) is 0 Å². The van der Waals surface area contributed by atoms with E-state index in [1.165, 1.54) is 45.2 Å². The number of aryl methyl sites for hydroxylation is 2. The zero-order valence-corrected chi connectivity index (χ0v) is 19.7. The van der Waals surface area contributed by atoms with Crippen LogP contribution in [0.4, 0.5) is 0 Å². The van der Waals surface area contributed by atoms with Gasteiger partial charge in [-0.3, -0.25) is 9.89 Å². The molecule has 2 unspecified atom stereocenters. The summed E-state index contributed by atoms with van der Waals surface area (Å²) in [5.74, 6) is 3.72. The van der Waals surface area contributed by atoms with Gasteiger partial charge in [-0.15, -0.1) is 34.2 Å². The minimum absolute atomic E-state index is 0. The van der Waals surface area contributed by atoms with Crippen molar-refractivity contribution in [2.75, 3.05) is 26.2 Å². The van der Waals surface area contributed by atoms with Gasteiger partial charge < -0.3 is 15.2 Å². The lowest BCUT2D eigenvalue weighted by Gasteiger charge is -2.25. The number of aliphatic imine (C=N–C) groups is 1. The highest BCUT2D eigenvalue weighted by Crippen LogP contribution is 2.26. The van der Waals surface area contributed by atoms with Gasteiger partial charge in [-0.1, -0.05) is 12.8 Å². The molecule has 158 valence electrons. The second-order valence-corrected chi connectivity index (χ2v) is 8.46. The molecule has 1 aliphatic carbocycles. The lowest BCUT2D eigenvalue weighted by molar-refractivity contribution is 0.242. The fourth-order valence-corrected chi connectivity index (χ4v) is 4.92. The molecule has 28 heavy (non-hydrogen) atoms. The largest absolute Gasteiger partial charge is 0.357 e. The van der Waals surface area contributed by atoms with Crippen molar-refractivity contribution in [2.45, 2.75) is 77.4 Å². The Morgan fingerprint density at radius 2 is 1.96 bits per heavy atom. The molecule has 4 rings (SSSR count). The Morgan fingerprint density at radius 3 is 2.75 bits per heavy atom. The fourth-order valence-electron chi connectivity index (χ4n) is 4.92. The molecule has 7 nitrogen and oxygen atoms in total. The van der Waals surface area contributed by atoms with E-state index in [-0.39, 0.29) is 24.0 Å². The smallest absolute Gasteiger partial charge is 0.191 e. The van der Waals surface area contributed by atoms with E-state index in [4.69, 9.17) is 4.99 Å². The van der Waals surface area contributed by atoms with Crippen LogP contribution in [0.1, 0.15) is 57.1 Å². The Kier molecular flexibility index (Phi) is 7.96. The zero-order chi connectivity index (χ0) is 18.6. The first-order chi connectivity index (χ1) is 13.2. The highest BCUT2D eigenvalue weighted by atomic mass is 127. The minimum Gasteiger partial charge on any atom is -0.357 e. The number of nitrogens with zero attached hydrogens (tertiary/aromatic N) is 5. The standard InChI is InChI=1S/C20H35N7.HI/c1-3-21-20(23-17-10-11-26(14-17)18-6-4-5-7-18)22-12-16-8-9-19-25-24-15(2)27(19)13-16;/h16-18H,3-14H2,1-2H3,(H2,21,22,23);1H. The average Bonchev–Trinajstić information content (AvgIpc) is 3.41. The van der Waals surface area contributed by atoms with Gasteiger partial charge in [0.1, 0.15) is 11.6 Å². The fraction of sp³-hybridized carbons (Fsp3) is 0.850. The molecule has 1 aromatic rings. The second-order valence-electron chi connectivity index (χ2n) is 8.46. The van der Waals surface area contributed by atoms with Crippen molar-refractivity contribution >= 4 is 29.9 Å². The van der Waals surface area contributed by atoms with Crippen molar-refractivity contribution in [3.8, 4) is 0 Å². The maximum Gasteiger partial charge on any atom is 0.191 e. The van der Waals surface area contributed by atoms with Crippen LogP contribution in [-0.2, 0) is 13.0 Å². The summed E-state index contributed by atoms with van der Waals surface area (Å²) < 4.78 is 2.26. The van der Waals surface area contributed by atoms with Gasteiger partial charge in [0, 0.05) is 51.2 Å². The molecule has 0 bridgehead atoms. The van der Waals surface area contributed by atoms with E-state index in [0.717, 1.165) is 56.1 Å². The summed E-state index contributed by atoms with van der Waals surface area (Å²) in [6, 6.07) is 1.36. The maximum atomic E-state index is 4.93. The molecule has 2 N–H and O–H groups in total. The van der Waals surface area contributed by atoms with Gasteiger partial charge in [0.2, 0.25) is 0 Å². The molecule has 0 aromatic carbocycles. The molecule has 0 amide bonds. The van der Waals surface area contributed by atoms with Gasteiger partial charge in [-0.05, 0) is 45.4 Å². The molecule has 2 fully saturated rings. The maximum absolute atomic E-state index is 4.93. The predicted molar refractivity (Wildman–Crippen MR) is 123 cm³/mol. The molecular weight excluding hydrogens is 465 g/mol. The molecule has 1 saturated carbocycles. The Balaban J connectivity index is 0.00000225. The van der Waals surface area contributed by atoms with Gasteiger partial charge in [-0.2, -0.15) is 0 Å². The molecule has 2 atom stereocenters.